The van der Waals surface area contributed by atoms with Gasteiger partial charge in [-0.3, -0.25) is 0 Å². The van der Waals surface area contributed by atoms with E-state index in [2.05, 4.69) is 35.4 Å². The van der Waals surface area contributed by atoms with E-state index in [1.54, 1.807) is 5.56 Å². The zero-order chi connectivity index (χ0) is 17.1. The van der Waals surface area contributed by atoms with Crippen LogP contribution in [-0.2, 0) is 6.42 Å². The summed E-state index contributed by atoms with van der Waals surface area (Å²) in [6, 6.07) is 17.4. The van der Waals surface area contributed by atoms with Crippen LogP contribution in [0.25, 0.3) is 10.9 Å². The fourth-order valence-electron chi connectivity index (χ4n) is 3.96. The van der Waals surface area contributed by atoms with Crippen molar-refractivity contribution in [3.05, 3.63) is 65.4 Å². The number of para-hydroxylation sites is 1. The first kappa shape index (κ1) is 16.2. The number of quaternary nitrogens is 1. The first-order valence-electron chi connectivity index (χ1n) is 9.43. The molecule has 0 saturated heterocycles. The molecule has 25 heavy (non-hydrogen) atoms. The van der Waals surface area contributed by atoms with E-state index >= 15 is 0 Å². The van der Waals surface area contributed by atoms with Crippen molar-refractivity contribution in [1.82, 2.24) is 4.98 Å². The topological polar surface area (TPSA) is 41.6 Å². The molecule has 3 heteroatoms. The van der Waals surface area contributed by atoms with Gasteiger partial charge >= 0.3 is 0 Å². The number of nitrogens with one attached hydrogen (secondary N) is 1. The van der Waals surface area contributed by atoms with Crippen LogP contribution in [0.5, 0.6) is 5.75 Å². The average molecular weight is 335 g/mol. The van der Waals surface area contributed by atoms with E-state index in [1.165, 1.54) is 41.4 Å². The number of H-pyrrole nitrogens is 1. The zero-order valence-corrected chi connectivity index (χ0v) is 14.9. The smallest absolute Gasteiger partial charge is 0.127 e. The lowest BCUT2D eigenvalue weighted by molar-refractivity contribution is -0.698. The van der Waals surface area contributed by atoms with Gasteiger partial charge < -0.3 is 15.0 Å². The molecule has 0 saturated carbocycles. The molecule has 1 heterocycles. The molecule has 0 aliphatic heterocycles. The van der Waals surface area contributed by atoms with Crippen LogP contribution >= 0.6 is 0 Å². The Labute approximate surface area is 149 Å². The lowest BCUT2D eigenvalue weighted by Gasteiger charge is -2.21. The van der Waals surface area contributed by atoms with E-state index in [0.717, 1.165) is 25.3 Å². The second-order valence-electron chi connectivity index (χ2n) is 7.10. The van der Waals surface area contributed by atoms with Gasteiger partial charge in [0.1, 0.15) is 11.8 Å². The lowest BCUT2D eigenvalue weighted by atomic mass is 9.91. The van der Waals surface area contributed by atoms with Gasteiger partial charge in [-0.25, -0.2) is 0 Å². The van der Waals surface area contributed by atoms with Crippen molar-refractivity contribution >= 4 is 10.9 Å². The number of aromatic amines is 1. The summed E-state index contributed by atoms with van der Waals surface area (Å²) in [5.41, 5.74) is 5.64. The summed E-state index contributed by atoms with van der Waals surface area (Å²) in [7, 11) is 0. The monoisotopic (exact) mass is 335 g/mol. The predicted molar refractivity (Wildman–Crippen MR) is 102 cm³/mol. The standard InChI is InChI=1S/C22H26N2O/c1-16-11-12-20-19(15-16)18-9-5-10-21(22(18)24-20)23-13-6-14-25-17-7-3-2-4-8-17/h2-4,7-8,11-12,15,21,23-24H,5-6,9-10,13-14H2,1H3/p+1. The van der Waals surface area contributed by atoms with Gasteiger partial charge in [0.2, 0.25) is 0 Å². The van der Waals surface area contributed by atoms with Crippen molar-refractivity contribution in [2.75, 3.05) is 13.2 Å². The van der Waals surface area contributed by atoms with E-state index in [0.29, 0.717) is 6.04 Å². The Bertz CT molecular complexity index is 838. The Morgan fingerprint density at radius 1 is 1.16 bits per heavy atom. The molecule has 0 fully saturated rings. The van der Waals surface area contributed by atoms with Crippen LogP contribution in [0.1, 0.15) is 42.1 Å². The Morgan fingerprint density at radius 3 is 2.92 bits per heavy atom. The SMILES string of the molecule is Cc1ccc2[nH]c3c(c2c1)CCCC3[NH2+]CCCOc1ccccc1. The van der Waals surface area contributed by atoms with Crippen LogP contribution in [0.3, 0.4) is 0 Å². The quantitative estimate of drug-likeness (QED) is 0.659. The van der Waals surface area contributed by atoms with Crippen LogP contribution in [0.15, 0.2) is 48.5 Å². The number of hydrogen-bond donors (Lipinski definition) is 2. The molecular weight excluding hydrogens is 308 g/mol. The minimum absolute atomic E-state index is 0.563. The van der Waals surface area contributed by atoms with Crippen LogP contribution in [0.4, 0.5) is 0 Å². The first-order valence-corrected chi connectivity index (χ1v) is 9.43. The number of fused-ring (bicyclic) bond motifs is 3. The molecule has 0 amide bonds. The summed E-state index contributed by atoms with van der Waals surface area (Å²) >= 11 is 0. The average Bonchev–Trinajstić information content (AvgIpc) is 3.01. The molecular formula is C22H27N2O+. The fourth-order valence-corrected chi connectivity index (χ4v) is 3.96. The third-order valence-electron chi connectivity index (χ3n) is 5.22. The van der Waals surface area contributed by atoms with Crippen molar-refractivity contribution in [3.63, 3.8) is 0 Å². The first-order chi connectivity index (χ1) is 12.3. The van der Waals surface area contributed by atoms with E-state index in [9.17, 15) is 0 Å². The summed E-state index contributed by atoms with van der Waals surface area (Å²) in [5.74, 6) is 0.966. The summed E-state index contributed by atoms with van der Waals surface area (Å²) < 4.78 is 5.80. The van der Waals surface area contributed by atoms with Crippen LogP contribution in [0, 0.1) is 6.92 Å². The van der Waals surface area contributed by atoms with Crippen LogP contribution < -0.4 is 10.1 Å². The van der Waals surface area contributed by atoms with E-state index in [4.69, 9.17) is 4.74 Å². The lowest BCUT2D eigenvalue weighted by Crippen LogP contribution is -2.85. The Hall–Kier alpha value is -2.26. The molecule has 3 N–H and O–H groups in total. The van der Waals surface area contributed by atoms with Crippen LogP contribution in [-0.4, -0.2) is 18.1 Å². The Balaban J connectivity index is 1.36. The van der Waals surface area contributed by atoms with E-state index < -0.39 is 0 Å². The summed E-state index contributed by atoms with van der Waals surface area (Å²) in [5, 5.41) is 3.93. The van der Waals surface area contributed by atoms with Gasteiger partial charge in [0.05, 0.1) is 18.8 Å². The van der Waals surface area contributed by atoms with E-state index in [1.807, 2.05) is 30.3 Å². The molecule has 1 unspecified atom stereocenters. The van der Waals surface area contributed by atoms with Gasteiger partial charge in [-0.1, -0.05) is 29.8 Å². The minimum atomic E-state index is 0.563. The highest BCUT2D eigenvalue weighted by Gasteiger charge is 2.26. The molecule has 0 spiro atoms. The molecule has 2 aromatic carbocycles. The number of rotatable bonds is 6. The van der Waals surface area contributed by atoms with Crippen molar-refractivity contribution in [2.24, 2.45) is 0 Å². The maximum absolute atomic E-state index is 5.80. The molecule has 3 nitrogen and oxygen atoms in total. The fraction of sp³-hybridized carbons (Fsp3) is 0.364. The largest absolute Gasteiger partial charge is 0.493 e. The van der Waals surface area contributed by atoms with Gasteiger partial charge in [0.25, 0.3) is 0 Å². The van der Waals surface area contributed by atoms with Crippen molar-refractivity contribution in [2.45, 2.75) is 38.6 Å². The number of benzene rings is 2. The zero-order valence-electron chi connectivity index (χ0n) is 14.9. The molecule has 3 aromatic rings. The van der Waals surface area contributed by atoms with Gasteiger partial charge in [-0.2, -0.15) is 0 Å². The highest BCUT2D eigenvalue weighted by atomic mass is 16.5. The molecule has 0 radical (unpaired) electrons. The number of nitrogens with two attached hydrogens (primary N) is 1. The molecule has 130 valence electrons. The van der Waals surface area contributed by atoms with Gasteiger partial charge in [-0.05, 0) is 49.6 Å². The normalized spacial score (nSPS) is 16.8. The molecule has 0 bridgehead atoms. The second-order valence-corrected chi connectivity index (χ2v) is 7.10. The summed E-state index contributed by atoms with van der Waals surface area (Å²) in [6.07, 6.45) is 4.83. The molecule has 1 aromatic heterocycles. The Kier molecular flexibility index (Phi) is 4.75. The molecule has 4 rings (SSSR count). The molecule has 1 aliphatic rings. The third kappa shape index (κ3) is 3.57. The summed E-state index contributed by atoms with van der Waals surface area (Å²) in [4.78, 5) is 3.70. The highest BCUT2D eigenvalue weighted by Crippen LogP contribution is 2.33. The molecule has 1 atom stereocenters. The maximum Gasteiger partial charge on any atom is 0.127 e. The van der Waals surface area contributed by atoms with Gasteiger partial charge in [0.15, 0.2) is 0 Å². The van der Waals surface area contributed by atoms with E-state index in [-0.39, 0.29) is 0 Å². The maximum atomic E-state index is 5.80. The number of aryl methyl sites for hydroxylation is 2. The van der Waals surface area contributed by atoms with Crippen molar-refractivity contribution in [3.8, 4) is 5.75 Å². The van der Waals surface area contributed by atoms with Gasteiger partial charge in [-0.15, -0.1) is 0 Å². The highest BCUT2D eigenvalue weighted by molar-refractivity contribution is 5.85. The van der Waals surface area contributed by atoms with Crippen molar-refractivity contribution in [1.29, 1.82) is 0 Å². The van der Waals surface area contributed by atoms with Gasteiger partial charge in [0, 0.05) is 23.7 Å². The predicted octanol–water partition coefficient (Wildman–Crippen LogP) is 3.89. The Morgan fingerprint density at radius 2 is 2.04 bits per heavy atom. The molecule has 1 aliphatic carbocycles. The second kappa shape index (κ2) is 7.32. The van der Waals surface area contributed by atoms with Crippen LogP contribution in [0.2, 0.25) is 0 Å². The minimum Gasteiger partial charge on any atom is -0.493 e. The number of hydrogen-bond acceptors (Lipinski definition) is 1. The number of aromatic nitrogens is 1. The number of ether oxygens (including phenoxy) is 1. The third-order valence-corrected chi connectivity index (χ3v) is 5.22. The summed E-state index contributed by atoms with van der Waals surface area (Å²) in [6.45, 7) is 4.06. The van der Waals surface area contributed by atoms with Crippen molar-refractivity contribution < 1.29 is 10.1 Å².